The molecule has 5 rings (SSSR count). The van der Waals surface area contributed by atoms with E-state index in [1.165, 1.54) is 15.8 Å². The lowest BCUT2D eigenvalue weighted by molar-refractivity contribution is 0.0747. The van der Waals surface area contributed by atoms with Crippen molar-refractivity contribution in [3.05, 3.63) is 83.4 Å². The van der Waals surface area contributed by atoms with Crippen LogP contribution >= 0.6 is 11.3 Å². The van der Waals surface area contributed by atoms with E-state index in [9.17, 15) is 4.79 Å². The number of carbonyl (C=O) groups excluding carboxylic acids is 1. The molecule has 1 aromatic heterocycles. The minimum Gasteiger partial charge on any atom is -0.457 e. The van der Waals surface area contributed by atoms with Gasteiger partial charge < -0.3 is 14.5 Å². The van der Waals surface area contributed by atoms with Gasteiger partial charge in [-0.05, 0) is 67.4 Å². The predicted molar refractivity (Wildman–Crippen MR) is 130 cm³/mol. The smallest absolute Gasteiger partial charge is 0.253 e. The second-order valence-corrected chi connectivity index (χ2v) is 9.15. The van der Waals surface area contributed by atoms with E-state index < -0.39 is 0 Å². The van der Waals surface area contributed by atoms with Gasteiger partial charge in [0.25, 0.3) is 5.91 Å². The lowest BCUT2D eigenvalue weighted by Crippen LogP contribution is -2.48. The molecule has 6 heteroatoms. The summed E-state index contributed by atoms with van der Waals surface area (Å²) in [5, 5.41) is 1.04. The average Bonchev–Trinajstić information content (AvgIpc) is 3.24. The van der Waals surface area contributed by atoms with Gasteiger partial charge in [0, 0.05) is 31.7 Å². The number of anilines is 1. The number of rotatable bonds is 4. The van der Waals surface area contributed by atoms with Crippen molar-refractivity contribution in [1.29, 1.82) is 0 Å². The number of amides is 1. The van der Waals surface area contributed by atoms with Gasteiger partial charge in [-0.25, -0.2) is 4.98 Å². The van der Waals surface area contributed by atoms with Gasteiger partial charge in [0.05, 0.1) is 10.2 Å². The number of aromatic nitrogens is 1. The number of nitrogens with zero attached hydrogens (tertiary/aromatic N) is 3. The first-order chi connectivity index (χ1) is 15.6. The highest BCUT2D eigenvalue weighted by Crippen LogP contribution is 2.32. The van der Waals surface area contributed by atoms with Crippen LogP contribution in [0.25, 0.3) is 10.2 Å². The third-order valence-corrected chi connectivity index (χ3v) is 6.80. The molecule has 1 amide bonds. The van der Waals surface area contributed by atoms with E-state index in [2.05, 4.69) is 30.9 Å². The van der Waals surface area contributed by atoms with Gasteiger partial charge in [-0.2, -0.15) is 0 Å². The Kier molecular flexibility index (Phi) is 5.53. The molecular formula is C26H25N3O2S. The molecule has 0 unspecified atom stereocenters. The van der Waals surface area contributed by atoms with E-state index >= 15 is 0 Å². The quantitative estimate of drug-likeness (QED) is 0.408. The zero-order valence-corrected chi connectivity index (χ0v) is 19.1. The van der Waals surface area contributed by atoms with Crippen LogP contribution in [0.15, 0.2) is 66.7 Å². The summed E-state index contributed by atoms with van der Waals surface area (Å²) in [5.41, 5.74) is 4.26. The molecule has 5 nitrogen and oxygen atoms in total. The van der Waals surface area contributed by atoms with Crippen molar-refractivity contribution >= 4 is 32.6 Å². The predicted octanol–water partition coefficient (Wildman–Crippen LogP) is 5.67. The molecule has 1 saturated heterocycles. The summed E-state index contributed by atoms with van der Waals surface area (Å²) in [5.74, 6) is 1.56. The monoisotopic (exact) mass is 443 g/mol. The second-order valence-electron chi connectivity index (χ2n) is 8.14. The molecule has 3 aromatic carbocycles. The summed E-state index contributed by atoms with van der Waals surface area (Å²) in [6, 6.07) is 21.4. The Morgan fingerprint density at radius 1 is 0.906 bits per heavy atom. The van der Waals surface area contributed by atoms with Crippen LogP contribution in [0.1, 0.15) is 21.5 Å². The molecule has 0 N–H and O–H groups in total. The SMILES string of the molecule is Cc1cc(C)c2nc(N3CCN(C(=O)c4ccc(Oc5ccccc5)cc4)CC3)sc2c1. The number of hydrogen-bond acceptors (Lipinski definition) is 5. The molecule has 0 bridgehead atoms. The van der Waals surface area contributed by atoms with Crippen molar-refractivity contribution in [2.45, 2.75) is 13.8 Å². The van der Waals surface area contributed by atoms with Crippen LogP contribution in [0.2, 0.25) is 0 Å². The summed E-state index contributed by atoms with van der Waals surface area (Å²) < 4.78 is 7.06. The lowest BCUT2D eigenvalue weighted by atomic mass is 10.1. The number of piperazine rings is 1. The fraction of sp³-hybridized carbons (Fsp3) is 0.231. The van der Waals surface area contributed by atoms with Crippen molar-refractivity contribution in [3.8, 4) is 11.5 Å². The Bertz CT molecular complexity index is 1240. The Morgan fingerprint density at radius 3 is 2.31 bits per heavy atom. The summed E-state index contributed by atoms with van der Waals surface area (Å²) in [7, 11) is 0. The summed E-state index contributed by atoms with van der Waals surface area (Å²) >= 11 is 1.74. The largest absolute Gasteiger partial charge is 0.457 e. The molecule has 1 fully saturated rings. The molecule has 162 valence electrons. The van der Waals surface area contributed by atoms with Gasteiger partial charge in [0.2, 0.25) is 0 Å². The molecule has 2 heterocycles. The highest BCUT2D eigenvalue weighted by molar-refractivity contribution is 7.22. The first kappa shape index (κ1) is 20.5. The molecule has 0 atom stereocenters. The summed E-state index contributed by atoms with van der Waals surface area (Å²) in [6.45, 7) is 7.20. The van der Waals surface area contributed by atoms with E-state index in [1.54, 1.807) is 11.3 Å². The van der Waals surface area contributed by atoms with Gasteiger partial charge in [-0.15, -0.1) is 0 Å². The number of thiazole rings is 1. The van der Waals surface area contributed by atoms with Crippen molar-refractivity contribution in [3.63, 3.8) is 0 Å². The molecule has 1 aliphatic heterocycles. The Labute approximate surface area is 191 Å². The highest BCUT2D eigenvalue weighted by atomic mass is 32.1. The van der Waals surface area contributed by atoms with Gasteiger partial charge >= 0.3 is 0 Å². The van der Waals surface area contributed by atoms with Crippen molar-refractivity contribution in [1.82, 2.24) is 9.88 Å². The Hall–Kier alpha value is -3.38. The molecule has 4 aromatic rings. The average molecular weight is 444 g/mol. The first-order valence-corrected chi connectivity index (χ1v) is 11.6. The van der Waals surface area contributed by atoms with Gasteiger partial charge in [0.15, 0.2) is 5.13 Å². The fourth-order valence-corrected chi connectivity index (χ4v) is 5.26. The Balaban J connectivity index is 1.22. The maximum atomic E-state index is 13.0. The maximum absolute atomic E-state index is 13.0. The van der Waals surface area contributed by atoms with Crippen LogP contribution in [0, 0.1) is 13.8 Å². The topological polar surface area (TPSA) is 45.7 Å². The third kappa shape index (κ3) is 4.18. The van der Waals surface area contributed by atoms with Crippen LogP contribution in [0.4, 0.5) is 5.13 Å². The summed E-state index contributed by atoms with van der Waals surface area (Å²) in [4.78, 5) is 22.1. The molecule has 0 saturated carbocycles. The van der Waals surface area contributed by atoms with Crippen LogP contribution in [-0.2, 0) is 0 Å². The highest BCUT2D eigenvalue weighted by Gasteiger charge is 2.24. The fourth-order valence-electron chi connectivity index (χ4n) is 4.07. The normalized spacial score (nSPS) is 14.1. The molecule has 32 heavy (non-hydrogen) atoms. The number of hydrogen-bond donors (Lipinski definition) is 0. The Morgan fingerprint density at radius 2 is 1.59 bits per heavy atom. The van der Waals surface area contributed by atoms with Crippen LogP contribution in [0.3, 0.4) is 0 Å². The van der Waals surface area contributed by atoms with Crippen LogP contribution < -0.4 is 9.64 Å². The summed E-state index contributed by atoms with van der Waals surface area (Å²) in [6.07, 6.45) is 0. The standard InChI is InChI=1S/C26H25N3O2S/c1-18-16-19(2)24-23(17-18)32-26(27-24)29-14-12-28(13-15-29)25(30)20-8-10-22(11-9-20)31-21-6-4-3-5-7-21/h3-11,16-17H,12-15H2,1-2H3. The minimum atomic E-state index is 0.0617. The van der Waals surface area contributed by atoms with E-state index in [1.807, 2.05) is 59.5 Å². The zero-order chi connectivity index (χ0) is 22.1. The van der Waals surface area contributed by atoms with Gasteiger partial charge in [-0.1, -0.05) is 35.6 Å². The number of aryl methyl sites for hydroxylation is 2. The molecule has 0 spiro atoms. The zero-order valence-electron chi connectivity index (χ0n) is 18.2. The maximum Gasteiger partial charge on any atom is 0.253 e. The number of para-hydroxylation sites is 1. The lowest BCUT2D eigenvalue weighted by Gasteiger charge is -2.34. The molecular weight excluding hydrogens is 418 g/mol. The van der Waals surface area contributed by atoms with Gasteiger partial charge in [0.1, 0.15) is 11.5 Å². The van der Waals surface area contributed by atoms with E-state index in [-0.39, 0.29) is 5.91 Å². The van der Waals surface area contributed by atoms with E-state index in [4.69, 9.17) is 9.72 Å². The number of ether oxygens (including phenoxy) is 1. The van der Waals surface area contributed by atoms with Crippen molar-refractivity contribution < 1.29 is 9.53 Å². The van der Waals surface area contributed by atoms with E-state index in [0.29, 0.717) is 18.7 Å². The van der Waals surface area contributed by atoms with Crippen LogP contribution in [0.5, 0.6) is 11.5 Å². The molecule has 0 aliphatic carbocycles. The number of carbonyl (C=O) groups is 1. The molecule has 1 aliphatic rings. The van der Waals surface area contributed by atoms with Crippen LogP contribution in [-0.4, -0.2) is 42.0 Å². The minimum absolute atomic E-state index is 0.0617. The van der Waals surface area contributed by atoms with Gasteiger partial charge in [-0.3, -0.25) is 4.79 Å². The first-order valence-electron chi connectivity index (χ1n) is 10.8. The van der Waals surface area contributed by atoms with Crippen molar-refractivity contribution in [2.75, 3.05) is 31.1 Å². The second kappa shape index (κ2) is 8.63. The third-order valence-electron chi connectivity index (χ3n) is 5.74. The number of fused-ring (bicyclic) bond motifs is 1. The van der Waals surface area contributed by atoms with Crippen molar-refractivity contribution in [2.24, 2.45) is 0 Å². The molecule has 0 radical (unpaired) electrons. The van der Waals surface area contributed by atoms with E-state index in [0.717, 1.165) is 35.2 Å². The number of benzene rings is 3.